The van der Waals surface area contributed by atoms with Gasteiger partial charge in [0.15, 0.2) is 5.96 Å². The maximum absolute atomic E-state index is 11.6. The van der Waals surface area contributed by atoms with Crippen molar-refractivity contribution in [3.8, 4) is 5.75 Å². The van der Waals surface area contributed by atoms with Crippen LogP contribution in [0.2, 0.25) is 0 Å². The van der Waals surface area contributed by atoms with Gasteiger partial charge in [-0.15, -0.1) is 0 Å². The second-order valence-electron chi connectivity index (χ2n) is 7.86. The third-order valence-corrected chi connectivity index (χ3v) is 6.70. The van der Waals surface area contributed by atoms with Crippen LogP contribution < -0.4 is 15.4 Å². The lowest BCUT2D eigenvalue weighted by atomic mass is 9.98. The monoisotopic (exact) mass is 424 g/mol. The van der Waals surface area contributed by atoms with Gasteiger partial charge in [0.1, 0.15) is 5.75 Å². The predicted octanol–water partition coefficient (Wildman–Crippen LogP) is 2.51. The van der Waals surface area contributed by atoms with Crippen molar-refractivity contribution in [3.63, 3.8) is 0 Å². The zero-order valence-corrected chi connectivity index (χ0v) is 19.2. The van der Waals surface area contributed by atoms with Crippen LogP contribution in [0.4, 0.5) is 0 Å². The number of aryl methyl sites for hydroxylation is 1. The Morgan fingerprint density at radius 2 is 2.00 bits per heavy atom. The Balaban J connectivity index is 1.86. The van der Waals surface area contributed by atoms with Crippen LogP contribution in [0.1, 0.15) is 44.2 Å². The van der Waals surface area contributed by atoms with Crippen LogP contribution in [0.3, 0.4) is 0 Å². The minimum Gasteiger partial charge on any atom is -0.490 e. The van der Waals surface area contributed by atoms with Crippen molar-refractivity contribution in [2.75, 3.05) is 32.9 Å². The van der Waals surface area contributed by atoms with Gasteiger partial charge in [-0.1, -0.05) is 19.1 Å². The molecule has 1 heterocycles. The van der Waals surface area contributed by atoms with Crippen molar-refractivity contribution in [1.29, 1.82) is 0 Å². The largest absolute Gasteiger partial charge is 0.490 e. The van der Waals surface area contributed by atoms with Crippen LogP contribution in [0, 0.1) is 12.8 Å². The van der Waals surface area contributed by atoms with Crippen molar-refractivity contribution < 1.29 is 13.2 Å². The molecular formula is C21H36N4O3S. The quantitative estimate of drug-likeness (QED) is 0.495. The average molecular weight is 425 g/mol. The number of nitrogens with zero attached hydrogens (tertiary/aromatic N) is 2. The van der Waals surface area contributed by atoms with Crippen LogP contribution in [-0.4, -0.2) is 57.7 Å². The third kappa shape index (κ3) is 7.51. The topological polar surface area (TPSA) is 83.0 Å². The maximum atomic E-state index is 11.6. The molecule has 1 aliphatic heterocycles. The highest BCUT2D eigenvalue weighted by molar-refractivity contribution is 7.88. The first kappa shape index (κ1) is 23.5. The lowest BCUT2D eigenvalue weighted by Gasteiger charge is -2.30. The molecule has 7 nitrogen and oxygen atoms in total. The smallest absolute Gasteiger partial charge is 0.211 e. The maximum Gasteiger partial charge on any atom is 0.211 e. The highest BCUT2D eigenvalue weighted by Crippen LogP contribution is 2.22. The molecule has 1 unspecified atom stereocenters. The van der Waals surface area contributed by atoms with Gasteiger partial charge in [0, 0.05) is 38.8 Å². The standard InChI is InChI=1S/C21H36N4O3S/c1-6-17(3)28-20-13-16(2)7-8-19(20)15-24-21(22-4)23-14-18-9-11-25(12-10-18)29(5,26)27/h7-8,13,17-18H,6,9-12,14-15H2,1-5H3,(H2,22,23,24). The van der Waals surface area contributed by atoms with E-state index >= 15 is 0 Å². The average Bonchev–Trinajstić information content (AvgIpc) is 2.69. The number of ether oxygens (including phenoxy) is 1. The number of aliphatic imine (C=N–C) groups is 1. The van der Waals surface area contributed by atoms with Gasteiger partial charge in [0.2, 0.25) is 10.0 Å². The number of guanidine groups is 1. The van der Waals surface area contributed by atoms with Crippen LogP contribution in [0.15, 0.2) is 23.2 Å². The molecule has 1 atom stereocenters. The second kappa shape index (κ2) is 10.8. The van der Waals surface area contributed by atoms with Crippen LogP contribution in [0.5, 0.6) is 5.75 Å². The minimum absolute atomic E-state index is 0.172. The summed E-state index contributed by atoms with van der Waals surface area (Å²) in [5.74, 6) is 2.09. The van der Waals surface area contributed by atoms with E-state index < -0.39 is 10.0 Å². The summed E-state index contributed by atoms with van der Waals surface area (Å²) in [6, 6.07) is 6.26. The van der Waals surface area contributed by atoms with Crippen LogP contribution >= 0.6 is 0 Å². The first-order valence-electron chi connectivity index (χ1n) is 10.4. The molecule has 1 fully saturated rings. The molecule has 0 bridgehead atoms. The van der Waals surface area contributed by atoms with E-state index in [2.05, 4.69) is 54.6 Å². The Hall–Kier alpha value is -1.80. The number of piperidine rings is 1. The molecule has 29 heavy (non-hydrogen) atoms. The van der Waals surface area contributed by atoms with E-state index in [1.54, 1.807) is 11.4 Å². The fraction of sp³-hybridized carbons (Fsp3) is 0.667. The molecule has 0 aliphatic carbocycles. The molecule has 2 rings (SSSR count). The summed E-state index contributed by atoms with van der Waals surface area (Å²) in [6.07, 6.45) is 4.14. The van der Waals surface area contributed by atoms with Gasteiger partial charge in [-0.25, -0.2) is 12.7 Å². The zero-order chi connectivity index (χ0) is 21.4. The predicted molar refractivity (Wildman–Crippen MR) is 119 cm³/mol. The van der Waals surface area contributed by atoms with Gasteiger partial charge in [-0.05, 0) is 50.7 Å². The molecule has 1 saturated heterocycles. The number of nitrogens with one attached hydrogen (secondary N) is 2. The van der Waals surface area contributed by atoms with Crippen molar-refractivity contribution >= 4 is 16.0 Å². The molecule has 164 valence electrons. The third-order valence-electron chi connectivity index (χ3n) is 5.40. The van der Waals surface area contributed by atoms with E-state index in [1.165, 1.54) is 11.8 Å². The number of sulfonamides is 1. The molecule has 0 aromatic heterocycles. The Labute approximate surface area is 176 Å². The summed E-state index contributed by atoms with van der Waals surface area (Å²) in [6.45, 7) is 8.85. The molecule has 0 amide bonds. The van der Waals surface area contributed by atoms with E-state index in [0.29, 0.717) is 25.6 Å². The fourth-order valence-corrected chi connectivity index (χ4v) is 4.18. The Bertz CT molecular complexity index is 787. The van der Waals surface area contributed by atoms with Gasteiger partial charge < -0.3 is 15.4 Å². The summed E-state index contributed by atoms with van der Waals surface area (Å²) in [5, 5.41) is 6.74. The van der Waals surface area contributed by atoms with Crippen molar-refractivity contribution in [3.05, 3.63) is 29.3 Å². The summed E-state index contributed by atoms with van der Waals surface area (Å²) < 4.78 is 30.9. The van der Waals surface area contributed by atoms with Crippen LogP contribution in [0.25, 0.3) is 0 Å². The Morgan fingerprint density at radius 3 is 2.59 bits per heavy atom. The Kier molecular flexibility index (Phi) is 8.77. The molecule has 0 spiro atoms. The first-order chi connectivity index (χ1) is 13.7. The Morgan fingerprint density at radius 1 is 1.31 bits per heavy atom. The normalized spacial score (nSPS) is 17.8. The van der Waals surface area contributed by atoms with Gasteiger partial charge in [-0.2, -0.15) is 0 Å². The van der Waals surface area contributed by atoms with Gasteiger partial charge in [-0.3, -0.25) is 4.99 Å². The van der Waals surface area contributed by atoms with E-state index in [9.17, 15) is 8.42 Å². The summed E-state index contributed by atoms with van der Waals surface area (Å²) in [7, 11) is -1.32. The molecule has 0 saturated carbocycles. The summed E-state index contributed by atoms with van der Waals surface area (Å²) >= 11 is 0. The summed E-state index contributed by atoms with van der Waals surface area (Å²) in [5.41, 5.74) is 2.27. The van der Waals surface area contributed by atoms with Gasteiger partial charge in [0.05, 0.1) is 12.4 Å². The molecule has 1 aromatic carbocycles. The molecule has 8 heteroatoms. The fourth-order valence-electron chi connectivity index (χ4n) is 3.30. The molecule has 2 N–H and O–H groups in total. The van der Waals surface area contributed by atoms with E-state index in [4.69, 9.17) is 4.74 Å². The molecule has 1 aliphatic rings. The van der Waals surface area contributed by atoms with Crippen molar-refractivity contribution in [2.45, 2.75) is 52.7 Å². The van der Waals surface area contributed by atoms with E-state index in [0.717, 1.165) is 43.1 Å². The lowest BCUT2D eigenvalue weighted by Crippen LogP contribution is -2.43. The number of hydrogen-bond acceptors (Lipinski definition) is 4. The van der Waals surface area contributed by atoms with Crippen molar-refractivity contribution in [1.82, 2.24) is 14.9 Å². The van der Waals surface area contributed by atoms with E-state index in [1.807, 2.05) is 0 Å². The zero-order valence-electron chi connectivity index (χ0n) is 18.4. The SMILES string of the molecule is CCC(C)Oc1cc(C)ccc1CNC(=NC)NCC1CCN(S(C)(=O)=O)CC1. The van der Waals surface area contributed by atoms with Gasteiger partial charge in [0.25, 0.3) is 0 Å². The van der Waals surface area contributed by atoms with Crippen molar-refractivity contribution in [2.24, 2.45) is 10.9 Å². The first-order valence-corrected chi connectivity index (χ1v) is 12.2. The summed E-state index contributed by atoms with van der Waals surface area (Å²) in [4.78, 5) is 4.31. The van der Waals surface area contributed by atoms with Gasteiger partial charge >= 0.3 is 0 Å². The van der Waals surface area contributed by atoms with E-state index in [-0.39, 0.29) is 6.10 Å². The van der Waals surface area contributed by atoms with Crippen LogP contribution in [-0.2, 0) is 16.6 Å². The lowest BCUT2D eigenvalue weighted by molar-refractivity contribution is 0.215. The molecular weight excluding hydrogens is 388 g/mol. The number of hydrogen-bond donors (Lipinski definition) is 2. The highest BCUT2D eigenvalue weighted by Gasteiger charge is 2.24. The molecule has 1 aromatic rings. The number of rotatable bonds is 8. The number of benzene rings is 1. The highest BCUT2D eigenvalue weighted by atomic mass is 32.2. The minimum atomic E-state index is -3.08. The second-order valence-corrected chi connectivity index (χ2v) is 9.84. The molecule has 0 radical (unpaired) electrons.